The lowest BCUT2D eigenvalue weighted by Gasteiger charge is -2.25. The van der Waals surface area contributed by atoms with Gasteiger partial charge in [0.15, 0.2) is 9.84 Å². The second kappa shape index (κ2) is 9.53. The monoisotopic (exact) mass is 442 g/mol. The van der Waals surface area contributed by atoms with Gasteiger partial charge in [-0.05, 0) is 24.1 Å². The van der Waals surface area contributed by atoms with Gasteiger partial charge in [0, 0.05) is 18.7 Å². The molecule has 0 aliphatic carbocycles. The van der Waals surface area contributed by atoms with E-state index >= 15 is 0 Å². The maximum atomic E-state index is 13.2. The number of likely N-dealkylation sites (tertiary alicyclic amines) is 1. The van der Waals surface area contributed by atoms with Gasteiger partial charge in [0.25, 0.3) is 0 Å². The molecule has 0 unspecified atom stereocenters. The summed E-state index contributed by atoms with van der Waals surface area (Å²) in [6.07, 6.45) is -4.56. The zero-order valence-electron chi connectivity index (χ0n) is 15.7. The normalized spacial score (nSPS) is 19.1. The highest BCUT2D eigenvalue weighted by molar-refractivity contribution is 7.90. The molecule has 12 heteroatoms. The van der Waals surface area contributed by atoms with E-state index < -0.39 is 34.2 Å². The van der Waals surface area contributed by atoms with Gasteiger partial charge in [-0.25, -0.2) is 17.6 Å². The number of carboxylic acid groups (broad SMARTS) is 1. The minimum absolute atomic E-state index is 0.103. The average Bonchev–Trinajstić information content (AvgIpc) is 3.05. The molecular weight excluding hydrogens is 420 g/mol. The fourth-order valence-electron chi connectivity index (χ4n) is 2.57. The molecule has 2 rings (SSSR count). The van der Waals surface area contributed by atoms with Crippen LogP contribution in [0.2, 0.25) is 0 Å². The molecule has 1 saturated heterocycles. The van der Waals surface area contributed by atoms with Gasteiger partial charge in [-0.3, -0.25) is 4.79 Å². The first-order valence-electron chi connectivity index (χ1n) is 8.43. The van der Waals surface area contributed by atoms with Crippen LogP contribution in [0.1, 0.15) is 24.8 Å². The number of carbonyl (C=O) groups is 2. The van der Waals surface area contributed by atoms with E-state index in [4.69, 9.17) is 15.6 Å². The third kappa shape index (κ3) is 7.28. The number of hydrogen-bond donors (Lipinski definition) is 2. The van der Waals surface area contributed by atoms with E-state index in [1.54, 1.807) is 19.1 Å². The van der Waals surface area contributed by atoms with E-state index in [0.29, 0.717) is 13.0 Å². The summed E-state index contributed by atoms with van der Waals surface area (Å²) in [5, 5.41) is 7.12. The van der Waals surface area contributed by atoms with E-state index in [9.17, 15) is 30.8 Å². The molecular formula is C17H22F4N2O5S. The number of benzene rings is 1. The number of nitrogens with two attached hydrogens (primary N) is 1. The highest BCUT2D eigenvalue weighted by Crippen LogP contribution is 2.23. The molecule has 3 atom stereocenters. The number of carbonyl (C=O) groups excluding carboxylic acids is 1. The number of nitrogens with zero attached hydrogens (tertiary/aromatic N) is 1. The molecule has 1 aliphatic heterocycles. The molecule has 1 fully saturated rings. The van der Waals surface area contributed by atoms with Gasteiger partial charge >= 0.3 is 12.1 Å². The van der Waals surface area contributed by atoms with Crippen LogP contribution < -0.4 is 5.73 Å². The highest BCUT2D eigenvalue weighted by Gasteiger charge is 2.38. The summed E-state index contributed by atoms with van der Waals surface area (Å²) < 4.78 is 67.8. The maximum absolute atomic E-state index is 13.2. The Morgan fingerprint density at radius 2 is 1.72 bits per heavy atom. The Hall–Kier alpha value is -2.21. The standard InChI is InChI=1S/C15H21FN2O3S.C2HF3O2/c1-10(11-3-5-13(6-4-11)22(2,20)21)14(17)15(19)18-8-7-12(16)9-18;3-2(4,5)1(6)7/h3-6,10,12,14H,7-9,17H2,1-2H3;(H,6,7)/t10-,12-,14-;/m0./s1. The van der Waals surface area contributed by atoms with Crippen LogP contribution in [-0.2, 0) is 19.4 Å². The topological polar surface area (TPSA) is 118 Å². The van der Waals surface area contributed by atoms with E-state index in [-0.39, 0.29) is 23.3 Å². The minimum Gasteiger partial charge on any atom is -0.475 e. The largest absolute Gasteiger partial charge is 0.490 e. The number of hydrogen-bond acceptors (Lipinski definition) is 5. The Kier molecular flexibility index (Phi) is 8.16. The van der Waals surface area contributed by atoms with Crippen LogP contribution >= 0.6 is 0 Å². The van der Waals surface area contributed by atoms with Gasteiger partial charge < -0.3 is 15.7 Å². The van der Waals surface area contributed by atoms with E-state index in [2.05, 4.69) is 0 Å². The van der Waals surface area contributed by atoms with Crippen LogP contribution in [-0.4, -0.2) is 68.0 Å². The van der Waals surface area contributed by atoms with Crippen LogP contribution in [0.15, 0.2) is 29.2 Å². The van der Waals surface area contributed by atoms with Gasteiger partial charge in [0.05, 0.1) is 17.5 Å². The Balaban J connectivity index is 0.000000516. The fraction of sp³-hybridized carbons (Fsp3) is 0.529. The van der Waals surface area contributed by atoms with Crippen molar-refractivity contribution < 1.29 is 40.7 Å². The SMILES string of the molecule is C[C@@H](c1ccc(S(C)(=O)=O)cc1)[C@H](N)C(=O)N1CC[C@H](F)C1.O=C(O)C(F)(F)F. The minimum atomic E-state index is -5.08. The third-order valence-corrected chi connectivity index (χ3v) is 5.47. The zero-order valence-corrected chi connectivity index (χ0v) is 16.5. The van der Waals surface area contributed by atoms with Crippen molar-refractivity contribution in [2.45, 2.75) is 42.5 Å². The van der Waals surface area contributed by atoms with E-state index in [1.807, 2.05) is 0 Å². The molecule has 1 aromatic carbocycles. The smallest absolute Gasteiger partial charge is 0.475 e. The summed E-state index contributed by atoms with van der Waals surface area (Å²) in [5.41, 5.74) is 6.79. The van der Waals surface area contributed by atoms with E-state index in [1.165, 1.54) is 17.0 Å². The second-order valence-electron chi connectivity index (χ2n) is 6.63. The molecule has 1 heterocycles. The molecule has 0 spiro atoms. The van der Waals surface area contributed by atoms with Crippen LogP contribution in [0.5, 0.6) is 0 Å². The average molecular weight is 442 g/mol. The number of sulfone groups is 1. The lowest BCUT2D eigenvalue weighted by Crippen LogP contribution is -2.45. The Morgan fingerprint density at radius 3 is 2.07 bits per heavy atom. The Morgan fingerprint density at radius 1 is 1.24 bits per heavy atom. The molecule has 3 N–H and O–H groups in total. The van der Waals surface area contributed by atoms with Crippen molar-refractivity contribution in [2.75, 3.05) is 19.3 Å². The first kappa shape index (κ1) is 24.8. The lowest BCUT2D eigenvalue weighted by atomic mass is 9.93. The summed E-state index contributed by atoms with van der Waals surface area (Å²) in [6.45, 7) is 2.31. The summed E-state index contributed by atoms with van der Waals surface area (Å²) in [6, 6.07) is 5.57. The molecule has 1 aromatic rings. The molecule has 0 saturated carbocycles. The number of alkyl halides is 4. The molecule has 0 bridgehead atoms. The molecule has 0 radical (unpaired) electrons. The predicted octanol–water partition coefficient (Wildman–Crippen LogP) is 1.72. The number of carboxylic acids is 1. The van der Waals surface area contributed by atoms with Crippen molar-refractivity contribution in [1.29, 1.82) is 0 Å². The maximum Gasteiger partial charge on any atom is 0.490 e. The second-order valence-corrected chi connectivity index (χ2v) is 8.64. The van der Waals surface area contributed by atoms with Crippen molar-refractivity contribution in [1.82, 2.24) is 4.90 Å². The predicted molar refractivity (Wildman–Crippen MR) is 95.7 cm³/mol. The molecule has 29 heavy (non-hydrogen) atoms. The molecule has 1 amide bonds. The number of rotatable bonds is 4. The van der Waals surface area contributed by atoms with Crippen molar-refractivity contribution in [3.05, 3.63) is 29.8 Å². The van der Waals surface area contributed by atoms with Crippen LogP contribution in [0.25, 0.3) is 0 Å². The van der Waals surface area contributed by atoms with Crippen molar-refractivity contribution in [3.63, 3.8) is 0 Å². The summed E-state index contributed by atoms with van der Waals surface area (Å²) in [4.78, 5) is 22.8. The fourth-order valence-corrected chi connectivity index (χ4v) is 3.20. The summed E-state index contributed by atoms with van der Waals surface area (Å²) in [5.74, 6) is -3.30. The van der Waals surface area contributed by atoms with Gasteiger partial charge in [0.2, 0.25) is 5.91 Å². The van der Waals surface area contributed by atoms with Crippen molar-refractivity contribution in [2.24, 2.45) is 5.73 Å². The van der Waals surface area contributed by atoms with Gasteiger partial charge in [-0.15, -0.1) is 0 Å². The van der Waals surface area contributed by atoms with Gasteiger partial charge in [0.1, 0.15) is 6.17 Å². The number of amides is 1. The Labute approximate surface area is 165 Å². The molecule has 7 nitrogen and oxygen atoms in total. The van der Waals surface area contributed by atoms with Crippen LogP contribution in [0.3, 0.4) is 0 Å². The van der Waals surface area contributed by atoms with E-state index in [0.717, 1.165) is 11.8 Å². The number of halogens is 4. The van der Waals surface area contributed by atoms with Gasteiger partial charge in [-0.2, -0.15) is 13.2 Å². The third-order valence-electron chi connectivity index (χ3n) is 4.34. The quantitative estimate of drug-likeness (QED) is 0.686. The highest BCUT2D eigenvalue weighted by atomic mass is 32.2. The summed E-state index contributed by atoms with van der Waals surface area (Å²) in [7, 11) is -3.25. The van der Waals surface area contributed by atoms with Crippen LogP contribution in [0.4, 0.5) is 17.6 Å². The van der Waals surface area contributed by atoms with Crippen LogP contribution in [0, 0.1) is 0 Å². The molecule has 164 valence electrons. The van der Waals surface area contributed by atoms with Crippen molar-refractivity contribution in [3.8, 4) is 0 Å². The van der Waals surface area contributed by atoms with Crippen molar-refractivity contribution >= 4 is 21.7 Å². The first-order chi connectivity index (χ1) is 13.1. The molecule has 1 aliphatic rings. The van der Waals surface area contributed by atoms with Gasteiger partial charge in [-0.1, -0.05) is 19.1 Å². The Bertz CT molecular complexity index is 827. The number of aliphatic carboxylic acids is 1. The first-order valence-corrected chi connectivity index (χ1v) is 10.3. The lowest BCUT2D eigenvalue weighted by molar-refractivity contribution is -0.192. The zero-order chi connectivity index (χ0) is 22.6. The summed E-state index contributed by atoms with van der Waals surface area (Å²) >= 11 is 0. The molecule has 0 aromatic heterocycles.